The summed E-state index contributed by atoms with van der Waals surface area (Å²) in [4.78, 5) is 23.4. The molecule has 13 heavy (non-hydrogen) atoms. The summed E-state index contributed by atoms with van der Waals surface area (Å²) in [6.07, 6.45) is 0.724. The van der Waals surface area contributed by atoms with Crippen LogP contribution in [-0.2, 0) is 14.3 Å². The van der Waals surface area contributed by atoms with Gasteiger partial charge < -0.3 is 9.64 Å². The van der Waals surface area contributed by atoms with E-state index >= 15 is 0 Å². The molecule has 1 aliphatic heterocycles. The first kappa shape index (κ1) is 10.4. The van der Waals surface area contributed by atoms with Gasteiger partial charge in [0.2, 0.25) is 6.41 Å². The molecular formula is C8H13NO3S. The van der Waals surface area contributed by atoms with Crippen molar-refractivity contribution in [2.45, 2.75) is 13.0 Å². The van der Waals surface area contributed by atoms with Crippen LogP contribution in [0.3, 0.4) is 0 Å². The lowest BCUT2D eigenvalue weighted by molar-refractivity contribution is -0.150. The van der Waals surface area contributed by atoms with Gasteiger partial charge in [-0.25, -0.2) is 4.79 Å². The van der Waals surface area contributed by atoms with Crippen LogP contribution in [0, 0.1) is 0 Å². The number of carbonyl (C=O) groups excluding carboxylic acids is 2. The van der Waals surface area contributed by atoms with Crippen LogP contribution in [0.5, 0.6) is 0 Å². The van der Waals surface area contributed by atoms with Gasteiger partial charge in [0, 0.05) is 18.1 Å². The fraction of sp³-hybridized carbons (Fsp3) is 0.750. The summed E-state index contributed by atoms with van der Waals surface area (Å²) in [5, 5.41) is 0. The summed E-state index contributed by atoms with van der Waals surface area (Å²) in [5.41, 5.74) is 0. The fourth-order valence-corrected chi connectivity index (χ4v) is 2.24. The number of carbonyl (C=O) groups is 2. The van der Waals surface area contributed by atoms with Crippen LogP contribution in [0.15, 0.2) is 0 Å². The van der Waals surface area contributed by atoms with E-state index in [1.165, 1.54) is 4.90 Å². The summed E-state index contributed by atoms with van der Waals surface area (Å²) >= 11 is 1.67. The molecule has 1 heterocycles. The molecule has 0 radical (unpaired) electrons. The number of amides is 1. The van der Waals surface area contributed by atoms with Crippen LogP contribution >= 0.6 is 11.8 Å². The Labute approximate surface area is 81.6 Å². The highest BCUT2D eigenvalue weighted by Crippen LogP contribution is 2.15. The molecule has 1 atom stereocenters. The van der Waals surface area contributed by atoms with Gasteiger partial charge in [-0.05, 0) is 6.92 Å². The van der Waals surface area contributed by atoms with Gasteiger partial charge in [-0.2, -0.15) is 11.8 Å². The van der Waals surface area contributed by atoms with Crippen molar-refractivity contribution in [3.05, 3.63) is 0 Å². The topological polar surface area (TPSA) is 46.6 Å². The Hall–Kier alpha value is -0.710. The molecule has 0 bridgehead atoms. The molecule has 1 fully saturated rings. The standard InChI is InChI=1S/C8H13NO3S/c1-2-12-8(11)7-5-13-4-3-9(7)6-10/h6-7H,2-5H2,1H3. The van der Waals surface area contributed by atoms with E-state index in [0.29, 0.717) is 18.9 Å². The van der Waals surface area contributed by atoms with Gasteiger partial charge in [0.1, 0.15) is 6.04 Å². The van der Waals surface area contributed by atoms with E-state index in [1.54, 1.807) is 18.7 Å². The van der Waals surface area contributed by atoms with Gasteiger partial charge in [0.25, 0.3) is 0 Å². The number of ether oxygens (including phenoxy) is 1. The fourth-order valence-electron chi connectivity index (χ4n) is 1.18. The Morgan fingerprint density at radius 3 is 3.15 bits per heavy atom. The minimum Gasteiger partial charge on any atom is -0.464 e. The van der Waals surface area contributed by atoms with Crippen LogP contribution in [0.2, 0.25) is 0 Å². The van der Waals surface area contributed by atoms with Gasteiger partial charge in [0.15, 0.2) is 0 Å². The molecule has 74 valence electrons. The lowest BCUT2D eigenvalue weighted by atomic mass is 10.3. The number of hydrogen-bond donors (Lipinski definition) is 0. The van der Waals surface area contributed by atoms with Crippen molar-refractivity contribution in [1.82, 2.24) is 4.90 Å². The van der Waals surface area contributed by atoms with E-state index in [1.807, 2.05) is 0 Å². The van der Waals surface area contributed by atoms with Crippen LogP contribution in [0.25, 0.3) is 0 Å². The average molecular weight is 203 g/mol. The number of rotatable bonds is 3. The molecule has 1 amide bonds. The van der Waals surface area contributed by atoms with Crippen molar-refractivity contribution in [3.8, 4) is 0 Å². The summed E-state index contributed by atoms with van der Waals surface area (Å²) < 4.78 is 4.86. The maximum absolute atomic E-state index is 11.3. The van der Waals surface area contributed by atoms with Crippen molar-refractivity contribution in [2.75, 3.05) is 24.7 Å². The zero-order valence-electron chi connectivity index (χ0n) is 7.56. The number of nitrogens with zero attached hydrogens (tertiary/aromatic N) is 1. The lowest BCUT2D eigenvalue weighted by Gasteiger charge is -2.30. The molecule has 0 aliphatic carbocycles. The van der Waals surface area contributed by atoms with E-state index < -0.39 is 0 Å². The predicted molar refractivity (Wildman–Crippen MR) is 50.5 cm³/mol. The van der Waals surface area contributed by atoms with Crippen molar-refractivity contribution in [2.24, 2.45) is 0 Å². The van der Waals surface area contributed by atoms with E-state index in [4.69, 9.17) is 4.74 Å². The summed E-state index contributed by atoms with van der Waals surface area (Å²) in [5.74, 6) is 1.26. The monoisotopic (exact) mass is 203 g/mol. The summed E-state index contributed by atoms with van der Waals surface area (Å²) in [6, 6.07) is -0.379. The minimum absolute atomic E-state index is 0.290. The lowest BCUT2D eigenvalue weighted by Crippen LogP contribution is -2.47. The molecule has 0 N–H and O–H groups in total. The Morgan fingerprint density at radius 2 is 2.54 bits per heavy atom. The summed E-state index contributed by atoms with van der Waals surface area (Å²) in [6.45, 7) is 2.77. The molecule has 0 saturated carbocycles. The maximum Gasteiger partial charge on any atom is 0.329 e. The van der Waals surface area contributed by atoms with E-state index in [0.717, 1.165) is 12.2 Å². The molecular weight excluding hydrogens is 190 g/mol. The van der Waals surface area contributed by atoms with Crippen molar-refractivity contribution < 1.29 is 14.3 Å². The van der Waals surface area contributed by atoms with Crippen LogP contribution in [0.4, 0.5) is 0 Å². The second kappa shape index (κ2) is 5.11. The SMILES string of the molecule is CCOC(=O)C1CSCCN1C=O. The molecule has 0 aromatic rings. The van der Waals surface area contributed by atoms with Crippen LogP contribution in [0.1, 0.15) is 6.92 Å². The van der Waals surface area contributed by atoms with Gasteiger partial charge in [-0.3, -0.25) is 4.79 Å². The molecule has 1 aliphatic rings. The highest BCUT2D eigenvalue weighted by Gasteiger charge is 2.28. The second-order valence-electron chi connectivity index (χ2n) is 2.69. The van der Waals surface area contributed by atoms with Crippen molar-refractivity contribution in [1.29, 1.82) is 0 Å². The molecule has 1 saturated heterocycles. The van der Waals surface area contributed by atoms with Gasteiger partial charge in [0.05, 0.1) is 6.61 Å². The molecule has 5 heteroatoms. The summed E-state index contributed by atoms with van der Waals surface area (Å²) in [7, 11) is 0. The zero-order chi connectivity index (χ0) is 9.68. The Bertz CT molecular complexity index is 198. The van der Waals surface area contributed by atoms with Gasteiger partial charge in [-0.15, -0.1) is 0 Å². The second-order valence-corrected chi connectivity index (χ2v) is 3.84. The molecule has 1 rings (SSSR count). The normalized spacial score (nSPS) is 22.5. The molecule has 0 aromatic carbocycles. The molecule has 1 unspecified atom stereocenters. The quantitative estimate of drug-likeness (QED) is 0.483. The number of hydrogen-bond acceptors (Lipinski definition) is 4. The average Bonchev–Trinajstić information content (AvgIpc) is 2.18. The zero-order valence-corrected chi connectivity index (χ0v) is 8.38. The highest BCUT2D eigenvalue weighted by atomic mass is 32.2. The van der Waals surface area contributed by atoms with Crippen molar-refractivity contribution >= 4 is 24.1 Å². The molecule has 0 aromatic heterocycles. The first-order chi connectivity index (χ1) is 6.29. The number of thioether (sulfide) groups is 1. The first-order valence-electron chi connectivity index (χ1n) is 4.25. The van der Waals surface area contributed by atoms with Gasteiger partial charge >= 0.3 is 5.97 Å². The Morgan fingerprint density at radius 1 is 1.77 bits per heavy atom. The van der Waals surface area contributed by atoms with Crippen LogP contribution < -0.4 is 0 Å². The third kappa shape index (κ3) is 2.62. The van der Waals surface area contributed by atoms with Crippen LogP contribution in [-0.4, -0.2) is 48.0 Å². The maximum atomic E-state index is 11.3. The first-order valence-corrected chi connectivity index (χ1v) is 5.40. The number of esters is 1. The van der Waals surface area contributed by atoms with E-state index in [9.17, 15) is 9.59 Å². The minimum atomic E-state index is -0.379. The smallest absolute Gasteiger partial charge is 0.329 e. The largest absolute Gasteiger partial charge is 0.464 e. The van der Waals surface area contributed by atoms with E-state index in [2.05, 4.69) is 0 Å². The third-order valence-corrected chi connectivity index (χ3v) is 2.89. The molecule has 0 spiro atoms. The van der Waals surface area contributed by atoms with E-state index in [-0.39, 0.29) is 12.0 Å². The predicted octanol–water partition coefficient (Wildman–Crippen LogP) is 0.123. The third-order valence-electron chi connectivity index (χ3n) is 1.86. The Kier molecular flexibility index (Phi) is 4.08. The molecule has 4 nitrogen and oxygen atoms in total. The van der Waals surface area contributed by atoms with Gasteiger partial charge in [-0.1, -0.05) is 0 Å². The highest BCUT2D eigenvalue weighted by molar-refractivity contribution is 7.99. The Balaban J connectivity index is 2.53. The van der Waals surface area contributed by atoms with Crippen molar-refractivity contribution in [3.63, 3.8) is 0 Å².